The van der Waals surface area contributed by atoms with E-state index in [1.54, 1.807) is 0 Å². The van der Waals surface area contributed by atoms with Crippen molar-refractivity contribution in [2.24, 2.45) is 0 Å². The third kappa shape index (κ3) is 80.2. The summed E-state index contributed by atoms with van der Waals surface area (Å²) in [4.78, 5) is 73.1. The highest BCUT2D eigenvalue weighted by atomic mass is 31.2. The van der Waals surface area contributed by atoms with Crippen LogP contribution in [-0.4, -0.2) is 96.7 Å². The Balaban J connectivity index is 5.55. The van der Waals surface area contributed by atoms with Crippen LogP contribution in [0.5, 0.6) is 0 Å². The van der Waals surface area contributed by atoms with Gasteiger partial charge in [0.25, 0.3) is 0 Å². The van der Waals surface area contributed by atoms with Gasteiger partial charge in [-0.05, 0) is 173 Å². The summed E-state index contributed by atoms with van der Waals surface area (Å²) >= 11 is 0. The average molecular weight is 1580 g/mol. The SMILES string of the molecule is CC/C=C\C/C=C\C/C=C\C/C=C\C/C=C\CCCCCC(=O)OC[C@H](COP(=O)(O)OC[C@@H](O)COP(=O)(O)OC[C@@H](COC(=O)CCCCCCC/C=C\CCCCCCCC)OC(=O)CC/C=C\C/C=C\C/C=C\C/C=C\C/C=C\CCCCC)OC(=O)CCC/C=C\C/C=C\C/C=C\C/C=C\CCCCC. The van der Waals surface area contributed by atoms with Crippen LogP contribution in [0.3, 0.4) is 0 Å². The Hall–Kier alpha value is -5.84. The van der Waals surface area contributed by atoms with Gasteiger partial charge < -0.3 is 33.8 Å². The van der Waals surface area contributed by atoms with Crippen LogP contribution in [0.4, 0.5) is 0 Å². The van der Waals surface area contributed by atoms with Gasteiger partial charge in [-0.25, -0.2) is 9.13 Å². The molecule has 0 aliphatic rings. The second-order valence-electron chi connectivity index (χ2n) is 27.3. The van der Waals surface area contributed by atoms with Gasteiger partial charge in [-0.15, -0.1) is 0 Å². The average Bonchev–Trinajstić information content (AvgIpc) is 0.906. The van der Waals surface area contributed by atoms with E-state index in [-0.39, 0.29) is 25.7 Å². The van der Waals surface area contributed by atoms with Crippen LogP contribution in [0.15, 0.2) is 182 Å². The summed E-state index contributed by atoms with van der Waals surface area (Å²) in [5.74, 6) is -2.40. The molecule has 0 aromatic rings. The van der Waals surface area contributed by atoms with Gasteiger partial charge in [-0.3, -0.25) is 37.3 Å². The quantitative estimate of drug-likeness (QED) is 0.0169. The molecule has 110 heavy (non-hydrogen) atoms. The van der Waals surface area contributed by atoms with Crippen molar-refractivity contribution in [3.8, 4) is 0 Å². The van der Waals surface area contributed by atoms with E-state index in [9.17, 15) is 43.2 Å². The maximum atomic E-state index is 13.1. The van der Waals surface area contributed by atoms with E-state index < -0.39 is 97.5 Å². The molecule has 17 nitrogen and oxygen atoms in total. The van der Waals surface area contributed by atoms with Crippen LogP contribution >= 0.6 is 15.6 Å². The van der Waals surface area contributed by atoms with Crippen LogP contribution in [-0.2, 0) is 65.4 Å². The molecule has 3 N–H and O–H groups in total. The van der Waals surface area contributed by atoms with Crippen molar-refractivity contribution >= 4 is 39.5 Å². The first-order valence-corrected chi connectivity index (χ1v) is 45.0. The molecule has 0 radical (unpaired) electrons. The summed E-state index contributed by atoms with van der Waals surface area (Å²) in [5.41, 5.74) is 0. The smallest absolute Gasteiger partial charge is 0.462 e. The number of esters is 4. The molecule has 0 aliphatic heterocycles. The number of ether oxygens (including phenoxy) is 4. The molecule has 19 heteroatoms. The van der Waals surface area contributed by atoms with Crippen LogP contribution in [0.1, 0.15) is 310 Å². The summed E-state index contributed by atoms with van der Waals surface area (Å²) in [7, 11) is -10.0. The second-order valence-corrected chi connectivity index (χ2v) is 30.2. The van der Waals surface area contributed by atoms with E-state index in [1.165, 1.54) is 77.0 Å². The molecule has 0 aromatic heterocycles. The van der Waals surface area contributed by atoms with Crippen LogP contribution in [0, 0.1) is 0 Å². The molecule has 0 aliphatic carbocycles. The standard InChI is InChI=1S/C91H148O17P2/c1-5-9-13-17-21-25-29-33-37-40-42-45-48-52-56-60-64-68-72-76-89(94)102-82-87(107-90(95)77-73-69-65-61-57-53-49-44-39-35-31-27-23-19-15-11-7-3)84-106-110(99,100)104-80-85(92)79-103-109(97,98)105-83-86(81-101-88(93)75-71-67-63-59-55-51-47-36-32-28-24-20-16-12-8-4)108-91(96)78-74-70-66-62-58-54-50-46-43-41-38-34-30-26-22-18-14-10-6-2/h9,13,21-23,25-27,33-39,42-43,45-47,49,52-54,56,58,61,65-66,70,85-87,92H,5-8,10-12,14-20,24,28-32,40-41,44,48,50-51,55,57,59-60,62-64,67-69,71-84H2,1-4H3,(H,97,98)(H,99,100)/b13-9-,25-21-,26-22-,27-23-,37-33-,38-34-,39-35-,45-42-,46-43-,47-36-,53-49-,56-52-,58-54-,65-61-,70-66-/t85-,86+,87+/m0/s1. The predicted octanol–water partition coefficient (Wildman–Crippen LogP) is 25.1. The molecular formula is C91H148O17P2. The monoisotopic (exact) mass is 1580 g/mol. The Morgan fingerprint density at radius 3 is 0.845 bits per heavy atom. The van der Waals surface area contributed by atoms with Gasteiger partial charge in [-0.1, -0.05) is 293 Å². The molecule has 624 valence electrons. The molecule has 0 amide bonds. The molecule has 0 rings (SSSR count). The lowest BCUT2D eigenvalue weighted by molar-refractivity contribution is -0.161. The van der Waals surface area contributed by atoms with Gasteiger partial charge in [0.2, 0.25) is 0 Å². The lowest BCUT2D eigenvalue weighted by atomic mass is 10.1. The molecule has 0 spiro atoms. The number of carbonyl (C=O) groups excluding carboxylic acids is 4. The minimum absolute atomic E-state index is 0.00227. The zero-order valence-electron chi connectivity index (χ0n) is 68.4. The van der Waals surface area contributed by atoms with Crippen LogP contribution in [0.2, 0.25) is 0 Å². The largest absolute Gasteiger partial charge is 0.472 e. The van der Waals surface area contributed by atoms with Crippen molar-refractivity contribution < 1.29 is 80.2 Å². The zero-order chi connectivity index (χ0) is 80.3. The first kappa shape index (κ1) is 104. The lowest BCUT2D eigenvalue weighted by Crippen LogP contribution is -2.30. The number of aliphatic hydroxyl groups excluding tert-OH is 1. The molecule has 0 heterocycles. The summed E-state index contributed by atoms with van der Waals surface area (Å²) in [6.07, 6.45) is 98.8. The van der Waals surface area contributed by atoms with Crippen molar-refractivity contribution in [3.63, 3.8) is 0 Å². The van der Waals surface area contributed by atoms with Crippen LogP contribution < -0.4 is 0 Å². The number of aliphatic hydroxyl groups is 1. The highest BCUT2D eigenvalue weighted by Crippen LogP contribution is 2.45. The second kappa shape index (κ2) is 81.2. The third-order valence-corrected chi connectivity index (χ3v) is 18.7. The number of hydrogen-bond donors (Lipinski definition) is 3. The van der Waals surface area contributed by atoms with Gasteiger partial charge in [-0.2, -0.15) is 0 Å². The maximum absolute atomic E-state index is 13.1. The van der Waals surface area contributed by atoms with E-state index in [4.69, 9.17) is 37.0 Å². The number of unbranched alkanes of at least 4 members (excludes halogenated alkanes) is 21. The van der Waals surface area contributed by atoms with E-state index in [1.807, 2.05) is 30.4 Å². The van der Waals surface area contributed by atoms with E-state index in [0.717, 1.165) is 141 Å². The number of phosphoric acid groups is 2. The summed E-state index contributed by atoms with van der Waals surface area (Å²) in [5, 5.41) is 10.7. The highest BCUT2D eigenvalue weighted by Gasteiger charge is 2.30. The minimum atomic E-state index is -5.02. The van der Waals surface area contributed by atoms with Gasteiger partial charge in [0.15, 0.2) is 12.2 Å². The van der Waals surface area contributed by atoms with E-state index >= 15 is 0 Å². The molecule has 5 atom stereocenters. The summed E-state index contributed by atoms with van der Waals surface area (Å²) < 4.78 is 68.6. The topological polar surface area (TPSA) is 237 Å². The van der Waals surface area contributed by atoms with Gasteiger partial charge in [0.05, 0.1) is 26.4 Å². The number of hydrogen-bond acceptors (Lipinski definition) is 15. The van der Waals surface area contributed by atoms with E-state index in [0.29, 0.717) is 38.5 Å². The van der Waals surface area contributed by atoms with Crippen molar-refractivity contribution in [1.82, 2.24) is 0 Å². The van der Waals surface area contributed by atoms with Crippen molar-refractivity contribution in [2.75, 3.05) is 39.6 Å². The lowest BCUT2D eigenvalue weighted by Gasteiger charge is -2.21. The third-order valence-electron chi connectivity index (χ3n) is 16.8. The Bertz CT molecular complexity index is 2800. The summed E-state index contributed by atoms with van der Waals surface area (Å²) in [6, 6.07) is 0. The number of phosphoric ester groups is 2. The molecule has 2 unspecified atom stereocenters. The fourth-order valence-corrected chi connectivity index (χ4v) is 12.0. The van der Waals surface area contributed by atoms with Crippen LogP contribution in [0.25, 0.3) is 0 Å². The fourth-order valence-electron chi connectivity index (χ4n) is 10.5. The maximum Gasteiger partial charge on any atom is 0.472 e. The van der Waals surface area contributed by atoms with Crippen molar-refractivity contribution in [2.45, 2.75) is 329 Å². The van der Waals surface area contributed by atoms with Gasteiger partial charge >= 0.3 is 39.5 Å². The summed E-state index contributed by atoms with van der Waals surface area (Å²) in [6.45, 7) is 4.50. The zero-order valence-corrected chi connectivity index (χ0v) is 70.1. The highest BCUT2D eigenvalue weighted by molar-refractivity contribution is 7.47. The normalized spacial score (nSPS) is 14.7. The Morgan fingerprint density at radius 1 is 0.264 bits per heavy atom. The number of rotatable bonds is 77. The first-order valence-electron chi connectivity index (χ1n) is 42.0. The molecule has 0 bridgehead atoms. The van der Waals surface area contributed by atoms with Gasteiger partial charge in [0.1, 0.15) is 19.3 Å². The van der Waals surface area contributed by atoms with Crippen molar-refractivity contribution in [3.05, 3.63) is 182 Å². The number of carbonyl (C=O) groups is 4. The molecule has 0 aromatic carbocycles. The van der Waals surface area contributed by atoms with Gasteiger partial charge in [0, 0.05) is 25.7 Å². The number of allylic oxidation sites excluding steroid dienone is 30. The Labute approximate surface area is 666 Å². The molecule has 0 saturated carbocycles. The Kier molecular flexibility index (Phi) is 76.9. The van der Waals surface area contributed by atoms with E-state index in [2.05, 4.69) is 180 Å². The predicted molar refractivity (Wildman–Crippen MR) is 454 cm³/mol. The fraction of sp³-hybridized carbons (Fsp3) is 0.626. The first-order chi connectivity index (χ1) is 53.7. The van der Waals surface area contributed by atoms with Crippen molar-refractivity contribution in [1.29, 1.82) is 0 Å². The minimum Gasteiger partial charge on any atom is -0.462 e. The molecular weight excluding hydrogens is 1430 g/mol. The molecule has 0 saturated heterocycles. The Morgan fingerprint density at radius 2 is 0.500 bits per heavy atom. The molecule has 0 fully saturated rings.